The van der Waals surface area contributed by atoms with Crippen LogP contribution in [0.25, 0.3) is 0 Å². The van der Waals surface area contributed by atoms with Crippen LogP contribution in [-0.2, 0) is 5.54 Å². The van der Waals surface area contributed by atoms with E-state index in [0.29, 0.717) is 22.2 Å². The third-order valence-electron chi connectivity index (χ3n) is 6.24. The number of halogens is 1. The van der Waals surface area contributed by atoms with E-state index in [-0.39, 0.29) is 5.91 Å². The number of carbonyl (C=O) groups is 1. The summed E-state index contributed by atoms with van der Waals surface area (Å²) < 4.78 is 1.08. The van der Waals surface area contributed by atoms with E-state index in [2.05, 4.69) is 85.9 Å². The van der Waals surface area contributed by atoms with Gasteiger partial charge in [0, 0.05) is 15.3 Å². The lowest BCUT2D eigenvalue weighted by atomic mass is 9.98. The van der Waals surface area contributed by atoms with Crippen LogP contribution in [0.15, 0.2) is 42.6 Å². The van der Waals surface area contributed by atoms with E-state index in [1.807, 2.05) is 50.2 Å². The molecule has 0 bridgehead atoms. The summed E-state index contributed by atoms with van der Waals surface area (Å²) in [5.74, 6) is 3.35. The minimum Gasteiger partial charge on any atom is -0.341 e. The molecule has 0 aliphatic rings. The van der Waals surface area contributed by atoms with Crippen molar-refractivity contribution in [2.75, 3.05) is 0 Å². The van der Waals surface area contributed by atoms with Gasteiger partial charge in [-0.15, -0.1) is 5.54 Å². The lowest BCUT2D eigenvalue weighted by Gasteiger charge is -2.38. The number of hydrogen-bond acceptors (Lipinski definition) is 2. The van der Waals surface area contributed by atoms with Crippen LogP contribution >= 0.6 is 22.6 Å². The number of pyridine rings is 1. The molecule has 0 spiro atoms. The maximum absolute atomic E-state index is 13.3. The Morgan fingerprint density at radius 1 is 1.03 bits per heavy atom. The van der Waals surface area contributed by atoms with Gasteiger partial charge in [-0.25, -0.2) is 0 Å². The fourth-order valence-electron chi connectivity index (χ4n) is 4.57. The highest BCUT2D eigenvalue weighted by Gasteiger charge is 2.41. The van der Waals surface area contributed by atoms with Crippen molar-refractivity contribution in [2.45, 2.75) is 77.6 Å². The number of amides is 1. The number of aromatic nitrogens is 1. The second kappa shape index (κ2) is 10.3. The predicted molar refractivity (Wildman–Crippen MR) is 142 cm³/mol. The van der Waals surface area contributed by atoms with Crippen molar-refractivity contribution in [3.8, 4) is 11.5 Å². The van der Waals surface area contributed by atoms with E-state index < -0.39 is 13.6 Å². The Kier molecular flexibility index (Phi) is 8.52. The highest BCUT2D eigenvalue weighted by molar-refractivity contribution is 14.1. The number of carbonyl (C=O) groups excluding carboxylic acids is 1. The number of benzene rings is 1. The van der Waals surface area contributed by atoms with Gasteiger partial charge in [0.05, 0.1) is 16.8 Å². The van der Waals surface area contributed by atoms with Crippen LogP contribution in [0.4, 0.5) is 0 Å². The number of nitrogens with one attached hydrogen (secondary N) is 1. The molecular weight excluding hydrogens is 511 g/mol. The molecule has 166 valence electrons. The van der Waals surface area contributed by atoms with E-state index in [1.54, 1.807) is 6.20 Å². The van der Waals surface area contributed by atoms with Gasteiger partial charge in [0.1, 0.15) is 8.07 Å². The SMILES string of the molecule is CC(C)[Si](C#Cc1cc(I)ccc1C(=O)NC(C)(C)c1ccccn1)(C(C)C)C(C)C. The standard InChI is InChI=1S/C26H35IN2OSi/c1-18(2)31(19(3)4,20(5)6)16-14-21-17-22(27)12-13-23(21)25(30)29-26(7,8)24-11-9-10-15-28-24/h9-13,15,17-20H,1-8H3,(H,29,30). The molecule has 0 radical (unpaired) electrons. The Hall–Kier alpha value is -1.65. The molecule has 1 amide bonds. The Labute approximate surface area is 203 Å². The first-order chi connectivity index (χ1) is 14.4. The van der Waals surface area contributed by atoms with Gasteiger partial charge < -0.3 is 5.32 Å². The van der Waals surface area contributed by atoms with Crippen LogP contribution in [-0.4, -0.2) is 19.0 Å². The van der Waals surface area contributed by atoms with Gasteiger partial charge in [-0.3, -0.25) is 9.78 Å². The van der Waals surface area contributed by atoms with Gasteiger partial charge in [0.15, 0.2) is 0 Å². The number of nitrogens with zero attached hydrogens (tertiary/aromatic N) is 1. The van der Waals surface area contributed by atoms with Gasteiger partial charge in [-0.1, -0.05) is 53.5 Å². The third-order valence-corrected chi connectivity index (χ3v) is 13.2. The molecule has 0 fully saturated rings. The molecule has 31 heavy (non-hydrogen) atoms. The molecule has 1 aromatic carbocycles. The number of hydrogen-bond donors (Lipinski definition) is 1. The Morgan fingerprint density at radius 3 is 2.16 bits per heavy atom. The molecule has 0 saturated heterocycles. The van der Waals surface area contributed by atoms with Crippen LogP contribution < -0.4 is 5.32 Å². The van der Waals surface area contributed by atoms with Crippen LogP contribution in [0, 0.1) is 15.0 Å². The van der Waals surface area contributed by atoms with Crippen molar-refractivity contribution < 1.29 is 4.79 Å². The number of rotatable bonds is 6. The van der Waals surface area contributed by atoms with Crippen molar-refractivity contribution in [3.05, 3.63) is 63.0 Å². The van der Waals surface area contributed by atoms with Crippen LogP contribution in [0.2, 0.25) is 16.6 Å². The molecule has 3 nitrogen and oxygen atoms in total. The molecule has 0 atom stereocenters. The molecule has 0 unspecified atom stereocenters. The summed E-state index contributed by atoms with van der Waals surface area (Å²) in [5, 5.41) is 3.15. The summed E-state index contributed by atoms with van der Waals surface area (Å²) in [7, 11) is -1.89. The summed E-state index contributed by atoms with van der Waals surface area (Å²) in [6.45, 7) is 17.8. The molecule has 5 heteroatoms. The second-order valence-corrected chi connectivity index (χ2v) is 16.5. The van der Waals surface area contributed by atoms with Crippen LogP contribution in [0.3, 0.4) is 0 Å². The minimum atomic E-state index is -1.89. The lowest BCUT2D eigenvalue weighted by molar-refractivity contribution is 0.0910. The largest absolute Gasteiger partial charge is 0.341 e. The van der Waals surface area contributed by atoms with Crippen LogP contribution in [0.1, 0.15) is 77.0 Å². The molecule has 0 aliphatic carbocycles. The van der Waals surface area contributed by atoms with E-state index in [9.17, 15) is 4.79 Å². The highest BCUT2D eigenvalue weighted by Crippen LogP contribution is 2.40. The molecule has 0 saturated carbocycles. The van der Waals surface area contributed by atoms with E-state index in [1.165, 1.54) is 0 Å². The van der Waals surface area contributed by atoms with E-state index in [4.69, 9.17) is 0 Å². The highest BCUT2D eigenvalue weighted by atomic mass is 127. The van der Waals surface area contributed by atoms with E-state index in [0.717, 1.165) is 14.8 Å². The molecule has 1 aromatic heterocycles. The van der Waals surface area contributed by atoms with Crippen molar-refractivity contribution in [2.24, 2.45) is 0 Å². The zero-order valence-electron chi connectivity index (χ0n) is 20.0. The summed E-state index contributed by atoms with van der Waals surface area (Å²) in [6, 6.07) is 11.6. The third kappa shape index (κ3) is 5.78. The Bertz CT molecular complexity index is 950. The summed E-state index contributed by atoms with van der Waals surface area (Å²) in [5.41, 5.74) is 7.06. The monoisotopic (exact) mass is 546 g/mol. The lowest BCUT2D eigenvalue weighted by Crippen LogP contribution is -2.43. The van der Waals surface area contributed by atoms with Crippen molar-refractivity contribution in [1.82, 2.24) is 10.3 Å². The van der Waals surface area contributed by atoms with Crippen molar-refractivity contribution in [1.29, 1.82) is 0 Å². The predicted octanol–water partition coefficient (Wildman–Crippen LogP) is 6.92. The Balaban J connectivity index is 2.48. The van der Waals surface area contributed by atoms with Crippen LogP contribution in [0.5, 0.6) is 0 Å². The first-order valence-electron chi connectivity index (χ1n) is 11.0. The van der Waals surface area contributed by atoms with Gasteiger partial charge >= 0.3 is 0 Å². The zero-order valence-corrected chi connectivity index (χ0v) is 23.2. The first-order valence-corrected chi connectivity index (χ1v) is 14.3. The summed E-state index contributed by atoms with van der Waals surface area (Å²) in [6.07, 6.45) is 1.75. The Morgan fingerprint density at radius 2 is 1.65 bits per heavy atom. The smallest absolute Gasteiger partial charge is 0.253 e. The molecular formula is C26H35IN2OSi. The fourth-order valence-corrected chi connectivity index (χ4v) is 10.3. The normalized spacial score (nSPS) is 12.1. The molecule has 2 aromatic rings. The van der Waals surface area contributed by atoms with Gasteiger partial charge in [0.2, 0.25) is 0 Å². The maximum atomic E-state index is 13.3. The van der Waals surface area contributed by atoms with Gasteiger partial charge in [-0.05, 0) is 83.4 Å². The average Bonchev–Trinajstić information content (AvgIpc) is 2.68. The quantitative estimate of drug-likeness (QED) is 0.243. The molecule has 1 N–H and O–H groups in total. The molecule has 1 heterocycles. The summed E-state index contributed by atoms with van der Waals surface area (Å²) in [4.78, 5) is 17.7. The topological polar surface area (TPSA) is 42.0 Å². The fraction of sp³-hybridized carbons (Fsp3) is 0.462. The second-order valence-electron chi connectivity index (χ2n) is 9.63. The zero-order chi connectivity index (χ0) is 23.4. The molecule has 0 aliphatic heterocycles. The van der Waals surface area contributed by atoms with Crippen molar-refractivity contribution >= 4 is 36.6 Å². The van der Waals surface area contributed by atoms with Gasteiger partial charge in [0.25, 0.3) is 5.91 Å². The minimum absolute atomic E-state index is 0.123. The first kappa shape index (κ1) is 25.6. The average molecular weight is 547 g/mol. The maximum Gasteiger partial charge on any atom is 0.253 e. The summed E-state index contributed by atoms with van der Waals surface area (Å²) >= 11 is 2.29. The molecule has 2 rings (SSSR count). The van der Waals surface area contributed by atoms with Crippen molar-refractivity contribution in [3.63, 3.8) is 0 Å². The van der Waals surface area contributed by atoms with Gasteiger partial charge in [-0.2, -0.15) is 0 Å². The van der Waals surface area contributed by atoms with E-state index >= 15 is 0 Å².